The fraction of sp³-hybridized carbons (Fsp3) is 0.200. The van der Waals surface area contributed by atoms with Crippen molar-refractivity contribution in [2.75, 3.05) is 18.0 Å². The Morgan fingerprint density at radius 2 is 1.85 bits per heavy atom. The molecule has 2 heterocycles. The van der Waals surface area contributed by atoms with E-state index < -0.39 is 10.0 Å². The molecule has 1 aromatic heterocycles. The molecule has 7 nitrogen and oxygen atoms in total. The van der Waals surface area contributed by atoms with E-state index in [1.807, 2.05) is 18.2 Å². The van der Waals surface area contributed by atoms with Crippen LogP contribution in [0.4, 0.5) is 10.8 Å². The van der Waals surface area contributed by atoms with Gasteiger partial charge in [0, 0.05) is 18.8 Å². The summed E-state index contributed by atoms with van der Waals surface area (Å²) in [5.74, 6) is -0.178. The minimum absolute atomic E-state index is 0.0719. The highest BCUT2D eigenvalue weighted by Crippen LogP contribution is 2.38. The second-order valence-electron chi connectivity index (χ2n) is 8.23. The molecule has 0 unspecified atom stereocenters. The van der Waals surface area contributed by atoms with Crippen molar-refractivity contribution in [3.05, 3.63) is 83.4 Å². The second-order valence-corrected chi connectivity index (χ2v) is 10.8. The summed E-state index contributed by atoms with van der Waals surface area (Å²) < 4.78 is 23.8. The number of hydrogen-bond acceptors (Lipinski definition) is 6. The Hall–Kier alpha value is -3.27. The molecular weight excluding hydrogens is 468 g/mol. The van der Waals surface area contributed by atoms with E-state index in [9.17, 15) is 13.2 Å². The van der Waals surface area contributed by atoms with Crippen LogP contribution in [0.2, 0.25) is 0 Å². The van der Waals surface area contributed by atoms with Gasteiger partial charge < -0.3 is 10.2 Å². The van der Waals surface area contributed by atoms with Crippen molar-refractivity contribution in [1.29, 1.82) is 0 Å². The number of aryl methyl sites for hydroxylation is 1. The number of nitrogens with zero attached hydrogens (tertiary/aromatic N) is 2. The van der Waals surface area contributed by atoms with Gasteiger partial charge in [0.1, 0.15) is 0 Å². The van der Waals surface area contributed by atoms with Crippen LogP contribution < -0.4 is 15.4 Å². The summed E-state index contributed by atoms with van der Waals surface area (Å²) >= 11 is 1.60. The van der Waals surface area contributed by atoms with E-state index >= 15 is 0 Å². The van der Waals surface area contributed by atoms with Crippen LogP contribution in [0.15, 0.2) is 71.6 Å². The van der Waals surface area contributed by atoms with E-state index in [2.05, 4.69) is 28.4 Å². The molecule has 1 aliphatic heterocycles. The molecule has 174 valence electrons. The number of primary sulfonamides is 1. The first-order valence-corrected chi connectivity index (χ1v) is 13.4. The number of fused-ring (bicyclic) bond motifs is 2. The van der Waals surface area contributed by atoms with Crippen LogP contribution in [0.1, 0.15) is 27.9 Å². The van der Waals surface area contributed by atoms with Gasteiger partial charge in [-0.1, -0.05) is 47.7 Å². The van der Waals surface area contributed by atoms with Gasteiger partial charge in [-0.25, -0.2) is 18.5 Å². The molecule has 5 rings (SSSR count). The number of amides is 1. The number of rotatable bonds is 6. The maximum atomic E-state index is 13.0. The molecule has 1 aliphatic rings. The number of benzene rings is 3. The second kappa shape index (κ2) is 9.17. The lowest BCUT2D eigenvalue weighted by molar-refractivity contribution is 0.0955. The molecule has 4 aromatic rings. The van der Waals surface area contributed by atoms with Crippen LogP contribution in [0.25, 0.3) is 10.2 Å². The van der Waals surface area contributed by atoms with Crippen molar-refractivity contribution < 1.29 is 13.2 Å². The van der Waals surface area contributed by atoms with Crippen LogP contribution in [-0.4, -0.2) is 32.4 Å². The van der Waals surface area contributed by atoms with Crippen molar-refractivity contribution in [2.45, 2.75) is 24.2 Å². The Morgan fingerprint density at radius 3 is 2.65 bits per heavy atom. The third-order valence-electron chi connectivity index (χ3n) is 5.94. The standard InChI is InChI=1S/C25H24N4O3S2/c26-34(31,32)19-12-10-17(11-13-19)14-15-27-24(30)20-7-3-9-22-23(20)28-25(33-22)29-16-4-6-18-5-1-2-8-21(18)29/h1-3,5,7-13H,4,6,14-16H2,(H,27,30)(H2,26,31,32). The lowest BCUT2D eigenvalue weighted by Gasteiger charge is -2.28. The van der Waals surface area contributed by atoms with Crippen LogP contribution in [0.3, 0.4) is 0 Å². The lowest BCUT2D eigenvalue weighted by atomic mass is 10.0. The van der Waals surface area contributed by atoms with Crippen LogP contribution in [0.5, 0.6) is 0 Å². The number of hydrogen-bond donors (Lipinski definition) is 2. The predicted molar refractivity (Wildman–Crippen MR) is 135 cm³/mol. The number of aromatic nitrogens is 1. The first kappa shape index (κ1) is 22.5. The molecule has 0 fully saturated rings. The van der Waals surface area contributed by atoms with Crippen molar-refractivity contribution in [3.63, 3.8) is 0 Å². The third kappa shape index (κ3) is 4.54. The van der Waals surface area contributed by atoms with Gasteiger partial charge in [-0.15, -0.1) is 0 Å². The highest BCUT2D eigenvalue weighted by atomic mass is 32.2. The van der Waals surface area contributed by atoms with Gasteiger partial charge in [-0.2, -0.15) is 0 Å². The zero-order valence-electron chi connectivity index (χ0n) is 18.4. The average Bonchev–Trinajstić information content (AvgIpc) is 3.27. The number of carbonyl (C=O) groups is 1. The number of nitrogens with one attached hydrogen (secondary N) is 1. The minimum Gasteiger partial charge on any atom is -0.352 e. The molecule has 3 N–H and O–H groups in total. The summed E-state index contributed by atoms with van der Waals surface area (Å²) in [6.07, 6.45) is 2.70. The van der Waals surface area contributed by atoms with Crippen LogP contribution in [0, 0.1) is 0 Å². The molecule has 0 bridgehead atoms. The molecule has 3 aromatic carbocycles. The Balaban J connectivity index is 1.31. The zero-order chi connectivity index (χ0) is 23.7. The van der Waals surface area contributed by atoms with E-state index in [4.69, 9.17) is 10.1 Å². The Kier molecular flexibility index (Phi) is 6.07. The minimum atomic E-state index is -3.71. The van der Waals surface area contributed by atoms with Crippen molar-refractivity contribution in [1.82, 2.24) is 10.3 Å². The molecule has 0 radical (unpaired) electrons. The molecule has 0 saturated heterocycles. The summed E-state index contributed by atoms with van der Waals surface area (Å²) in [6, 6.07) is 20.4. The van der Waals surface area contributed by atoms with Gasteiger partial charge in [-0.05, 0) is 60.7 Å². The molecule has 0 aliphatic carbocycles. The summed E-state index contributed by atoms with van der Waals surface area (Å²) in [5, 5.41) is 8.99. The summed E-state index contributed by atoms with van der Waals surface area (Å²) in [5.41, 5.74) is 4.68. The highest BCUT2D eigenvalue weighted by Gasteiger charge is 2.22. The van der Waals surface area contributed by atoms with E-state index in [-0.39, 0.29) is 10.8 Å². The Bertz CT molecular complexity index is 1460. The maximum Gasteiger partial charge on any atom is 0.253 e. The number of sulfonamides is 1. The predicted octanol–water partition coefficient (Wildman–Crippen LogP) is 4.00. The smallest absolute Gasteiger partial charge is 0.253 e. The van der Waals surface area contributed by atoms with E-state index in [0.717, 1.165) is 34.8 Å². The molecular formula is C25H24N4O3S2. The van der Waals surface area contributed by atoms with E-state index in [1.165, 1.54) is 23.4 Å². The number of anilines is 2. The van der Waals surface area contributed by atoms with Gasteiger partial charge in [0.15, 0.2) is 5.13 Å². The average molecular weight is 493 g/mol. The summed E-state index contributed by atoms with van der Waals surface area (Å²) in [4.78, 5) is 20.2. The monoisotopic (exact) mass is 492 g/mol. The van der Waals surface area contributed by atoms with Crippen LogP contribution >= 0.6 is 11.3 Å². The van der Waals surface area contributed by atoms with Gasteiger partial charge in [0.2, 0.25) is 10.0 Å². The van der Waals surface area contributed by atoms with E-state index in [0.29, 0.717) is 24.0 Å². The number of carbonyl (C=O) groups excluding carboxylic acids is 1. The third-order valence-corrected chi connectivity index (χ3v) is 7.92. The number of para-hydroxylation sites is 2. The Morgan fingerprint density at radius 1 is 1.06 bits per heavy atom. The number of thiazole rings is 1. The quantitative estimate of drug-likeness (QED) is 0.423. The summed E-state index contributed by atoms with van der Waals surface area (Å²) in [6.45, 7) is 1.32. The molecule has 1 amide bonds. The normalized spacial score (nSPS) is 13.6. The first-order valence-electron chi connectivity index (χ1n) is 11.0. The first-order chi connectivity index (χ1) is 16.4. The van der Waals surface area contributed by atoms with Crippen LogP contribution in [-0.2, 0) is 22.9 Å². The van der Waals surface area contributed by atoms with Crippen molar-refractivity contribution in [3.8, 4) is 0 Å². The molecule has 0 atom stereocenters. The molecule has 9 heteroatoms. The van der Waals surface area contributed by atoms with Crippen molar-refractivity contribution in [2.24, 2.45) is 5.14 Å². The SMILES string of the molecule is NS(=O)(=O)c1ccc(CCNC(=O)c2cccc3sc(N4CCCc5ccccc54)nc23)cc1. The largest absolute Gasteiger partial charge is 0.352 e. The number of nitrogens with two attached hydrogens (primary N) is 1. The topological polar surface area (TPSA) is 105 Å². The lowest BCUT2D eigenvalue weighted by Crippen LogP contribution is -2.26. The highest BCUT2D eigenvalue weighted by molar-refractivity contribution is 7.89. The van der Waals surface area contributed by atoms with Gasteiger partial charge in [-0.3, -0.25) is 4.79 Å². The fourth-order valence-corrected chi connectivity index (χ4v) is 5.78. The van der Waals surface area contributed by atoms with Gasteiger partial charge >= 0.3 is 0 Å². The summed E-state index contributed by atoms with van der Waals surface area (Å²) in [7, 11) is -3.71. The Labute approximate surface area is 202 Å². The van der Waals surface area contributed by atoms with Gasteiger partial charge in [0.25, 0.3) is 5.91 Å². The molecule has 34 heavy (non-hydrogen) atoms. The van der Waals surface area contributed by atoms with Gasteiger partial charge in [0.05, 0.1) is 20.7 Å². The van der Waals surface area contributed by atoms with E-state index in [1.54, 1.807) is 29.5 Å². The fourth-order valence-electron chi connectivity index (χ4n) is 4.23. The maximum absolute atomic E-state index is 13.0. The van der Waals surface area contributed by atoms with Crippen molar-refractivity contribution >= 4 is 48.3 Å². The zero-order valence-corrected chi connectivity index (χ0v) is 20.0. The molecule has 0 spiro atoms. The molecule has 0 saturated carbocycles.